The Morgan fingerprint density at radius 1 is 1.21 bits per heavy atom. The van der Waals surface area contributed by atoms with E-state index in [1.165, 1.54) is 23.6 Å². The molecule has 0 aliphatic carbocycles. The Hall–Kier alpha value is -2.92. The third-order valence-electron chi connectivity index (χ3n) is 4.08. The zero-order valence-electron chi connectivity index (χ0n) is 14.3. The fourth-order valence-electron chi connectivity index (χ4n) is 2.85. The number of hydrogen-bond acceptors (Lipinski definition) is 6. The summed E-state index contributed by atoms with van der Waals surface area (Å²) in [6.45, 7) is 0. The van der Waals surface area contributed by atoms with Gasteiger partial charge in [-0.1, -0.05) is 6.07 Å². The Balaban J connectivity index is 1.83. The van der Waals surface area contributed by atoms with Crippen molar-refractivity contribution in [2.45, 2.75) is 12.6 Å². The Bertz CT molecular complexity index is 1220. The van der Waals surface area contributed by atoms with Gasteiger partial charge in [-0.15, -0.1) is 22.7 Å². The van der Waals surface area contributed by atoms with Crippen molar-refractivity contribution in [3.8, 4) is 10.7 Å². The summed E-state index contributed by atoms with van der Waals surface area (Å²) in [6.07, 6.45) is -3.47. The molecule has 4 aromatic rings. The van der Waals surface area contributed by atoms with E-state index < -0.39 is 29.0 Å². The average molecular weight is 438 g/mol. The van der Waals surface area contributed by atoms with Crippen LogP contribution in [0.1, 0.15) is 26.5 Å². The molecular formula is C18H10F4N4OS2. The molecule has 0 aliphatic heterocycles. The highest BCUT2D eigenvalue weighted by Gasteiger charge is 2.34. The van der Waals surface area contributed by atoms with Crippen molar-refractivity contribution >= 4 is 38.8 Å². The lowest BCUT2D eigenvalue weighted by Gasteiger charge is -2.12. The Morgan fingerprint density at radius 2 is 2.00 bits per heavy atom. The summed E-state index contributed by atoms with van der Waals surface area (Å²) in [5, 5.41) is 0. The number of carbonyl (C=O) groups is 1. The van der Waals surface area contributed by atoms with Crippen molar-refractivity contribution in [3.05, 3.63) is 63.5 Å². The van der Waals surface area contributed by atoms with E-state index in [0.717, 1.165) is 29.5 Å². The number of carbonyl (C=O) groups excluding carboxylic acids is 1. The molecule has 0 spiro atoms. The predicted molar refractivity (Wildman–Crippen MR) is 101 cm³/mol. The van der Waals surface area contributed by atoms with Crippen LogP contribution in [0.25, 0.3) is 20.9 Å². The Kier molecular flexibility index (Phi) is 4.79. The lowest BCUT2D eigenvalue weighted by molar-refractivity contribution is -0.138. The number of benzene rings is 1. The summed E-state index contributed by atoms with van der Waals surface area (Å²) in [7, 11) is 0. The van der Waals surface area contributed by atoms with Gasteiger partial charge in [0.25, 0.3) is 5.91 Å². The van der Waals surface area contributed by atoms with E-state index >= 15 is 0 Å². The largest absolute Gasteiger partial charge is 0.416 e. The molecule has 4 rings (SSSR count). The number of aromatic nitrogens is 3. The SMILES string of the molecule is NC(=O)c1nc(-c2cncs2)nc2cc(Cc3c(F)cccc3C(F)(F)F)sc12. The van der Waals surface area contributed by atoms with E-state index in [0.29, 0.717) is 20.0 Å². The summed E-state index contributed by atoms with van der Waals surface area (Å²) >= 11 is 2.27. The average Bonchev–Trinajstić information content (AvgIpc) is 3.30. The van der Waals surface area contributed by atoms with Crippen molar-refractivity contribution in [1.82, 2.24) is 15.0 Å². The van der Waals surface area contributed by atoms with Gasteiger partial charge in [0.05, 0.1) is 26.2 Å². The van der Waals surface area contributed by atoms with Gasteiger partial charge in [0.1, 0.15) is 11.5 Å². The Labute approximate surface area is 168 Å². The van der Waals surface area contributed by atoms with Gasteiger partial charge in [-0.05, 0) is 18.2 Å². The van der Waals surface area contributed by atoms with Crippen LogP contribution in [-0.2, 0) is 12.6 Å². The van der Waals surface area contributed by atoms with Crippen LogP contribution in [0.3, 0.4) is 0 Å². The molecule has 3 heterocycles. The number of thiazole rings is 1. The zero-order valence-corrected chi connectivity index (χ0v) is 16.0. The molecule has 0 aliphatic rings. The number of amides is 1. The van der Waals surface area contributed by atoms with Gasteiger partial charge in [0, 0.05) is 23.1 Å². The molecular weight excluding hydrogens is 428 g/mol. The maximum absolute atomic E-state index is 14.2. The van der Waals surface area contributed by atoms with Crippen LogP contribution >= 0.6 is 22.7 Å². The van der Waals surface area contributed by atoms with Gasteiger partial charge in [-0.25, -0.2) is 14.4 Å². The number of hydrogen-bond donors (Lipinski definition) is 1. The lowest BCUT2D eigenvalue weighted by atomic mass is 10.0. The lowest BCUT2D eigenvalue weighted by Crippen LogP contribution is -2.14. The van der Waals surface area contributed by atoms with Gasteiger partial charge in [-0.3, -0.25) is 9.78 Å². The number of halogens is 4. The van der Waals surface area contributed by atoms with Crippen LogP contribution in [0.2, 0.25) is 0 Å². The highest BCUT2D eigenvalue weighted by Crippen LogP contribution is 2.36. The summed E-state index contributed by atoms with van der Waals surface area (Å²) in [6, 6.07) is 4.35. The first-order chi connectivity index (χ1) is 13.7. The summed E-state index contributed by atoms with van der Waals surface area (Å²) in [4.78, 5) is 25.3. The molecule has 0 atom stereocenters. The van der Waals surface area contributed by atoms with Gasteiger partial charge in [0.2, 0.25) is 0 Å². The number of thiophene rings is 1. The number of fused-ring (bicyclic) bond motifs is 1. The van der Waals surface area contributed by atoms with Gasteiger partial charge >= 0.3 is 6.18 Å². The van der Waals surface area contributed by atoms with Crippen molar-refractivity contribution in [2.75, 3.05) is 0 Å². The number of alkyl halides is 3. The second kappa shape index (κ2) is 7.16. The molecule has 0 saturated carbocycles. The second-order valence-corrected chi connectivity index (χ2v) is 8.02. The standard InChI is InChI=1S/C18H10F4N4OS2/c19-11-3-1-2-10(18(20,21)22)9(11)4-8-5-12-15(29-8)14(16(23)27)26-17(25-12)13-6-24-7-28-13/h1-3,5-7H,4H2,(H2,23,27). The topological polar surface area (TPSA) is 81.8 Å². The van der Waals surface area contributed by atoms with Crippen LogP contribution in [-0.4, -0.2) is 20.9 Å². The second-order valence-electron chi connectivity index (χ2n) is 5.99. The van der Waals surface area contributed by atoms with E-state index in [1.54, 1.807) is 5.51 Å². The molecule has 0 fully saturated rings. The first kappa shape index (κ1) is 19.4. The van der Waals surface area contributed by atoms with Crippen LogP contribution in [0.5, 0.6) is 0 Å². The summed E-state index contributed by atoms with van der Waals surface area (Å²) in [5.74, 6) is -1.51. The first-order valence-electron chi connectivity index (χ1n) is 8.07. The fourth-order valence-corrected chi connectivity index (χ4v) is 4.50. The minimum absolute atomic E-state index is 0.0424. The van der Waals surface area contributed by atoms with Crippen molar-refractivity contribution in [3.63, 3.8) is 0 Å². The Morgan fingerprint density at radius 3 is 2.66 bits per heavy atom. The molecule has 11 heteroatoms. The maximum Gasteiger partial charge on any atom is 0.416 e. The minimum Gasteiger partial charge on any atom is -0.364 e. The van der Waals surface area contributed by atoms with E-state index in [2.05, 4.69) is 15.0 Å². The fraction of sp³-hybridized carbons (Fsp3) is 0.111. The molecule has 148 valence electrons. The van der Waals surface area contributed by atoms with E-state index in [9.17, 15) is 22.4 Å². The van der Waals surface area contributed by atoms with E-state index in [4.69, 9.17) is 5.73 Å². The number of rotatable bonds is 4. The van der Waals surface area contributed by atoms with Crippen molar-refractivity contribution < 1.29 is 22.4 Å². The molecule has 0 saturated heterocycles. The van der Waals surface area contributed by atoms with E-state index in [-0.39, 0.29) is 17.9 Å². The third kappa shape index (κ3) is 3.70. The monoisotopic (exact) mass is 438 g/mol. The molecule has 29 heavy (non-hydrogen) atoms. The number of nitrogens with two attached hydrogens (primary N) is 1. The van der Waals surface area contributed by atoms with E-state index in [1.807, 2.05) is 0 Å². The normalized spacial score (nSPS) is 11.9. The van der Waals surface area contributed by atoms with Crippen LogP contribution in [0, 0.1) is 5.82 Å². The summed E-state index contributed by atoms with van der Waals surface area (Å²) < 4.78 is 54.3. The van der Waals surface area contributed by atoms with Crippen LogP contribution in [0.15, 0.2) is 36.0 Å². The van der Waals surface area contributed by atoms with Gasteiger partial charge < -0.3 is 5.73 Å². The summed E-state index contributed by atoms with van der Waals surface area (Å²) in [5.41, 5.74) is 5.79. The quantitative estimate of drug-likeness (QED) is 0.470. The van der Waals surface area contributed by atoms with Crippen molar-refractivity contribution in [2.24, 2.45) is 5.73 Å². The molecule has 5 nitrogen and oxygen atoms in total. The first-order valence-corrected chi connectivity index (χ1v) is 9.77. The van der Waals surface area contributed by atoms with Gasteiger partial charge in [-0.2, -0.15) is 13.2 Å². The highest BCUT2D eigenvalue weighted by molar-refractivity contribution is 7.19. The zero-order chi connectivity index (χ0) is 20.8. The predicted octanol–water partition coefficient (Wildman–Crippen LogP) is 4.66. The molecule has 2 N–H and O–H groups in total. The highest BCUT2D eigenvalue weighted by atomic mass is 32.1. The third-order valence-corrected chi connectivity index (χ3v) is 5.98. The molecule has 3 aromatic heterocycles. The van der Waals surface area contributed by atoms with Crippen LogP contribution < -0.4 is 5.73 Å². The van der Waals surface area contributed by atoms with Crippen LogP contribution in [0.4, 0.5) is 17.6 Å². The van der Waals surface area contributed by atoms with Crippen molar-refractivity contribution in [1.29, 1.82) is 0 Å². The molecule has 0 unspecified atom stereocenters. The van der Waals surface area contributed by atoms with Gasteiger partial charge in [0.15, 0.2) is 5.82 Å². The minimum atomic E-state index is -4.69. The molecule has 0 bridgehead atoms. The maximum atomic E-state index is 14.2. The number of primary amides is 1. The molecule has 0 radical (unpaired) electrons. The smallest absolute Gasteiger partial charge is 0.364 e. The number of nitrogens with zero attached hydrogens (tertiary/aromatic N) is 3. The molecule has 1 amide bonds. The molecule has 1 aromatic carbocycles.